The summed E-state index contributed by atoms with van der Waals surface area (Å²) in [5.41, 5.74) is 7.97. The van der Waals surface area contributed by atoms with Crippen LogP contribution in [-0.2, 0) is 0 Å². The Morgan fingerprint density at radius 2 is 2.23 bits per heavy atom. The predicted octanol–water partition coefficient (Wildman–Crippen LogP) is 2.62. The summed E-state index contributed by atoms with van der Waals surface area (Å²) in [4.78, 5) is 11.4. The molecule has 2 aromatic rings. The summed E-state index contributed by atoms with van der Waals surface area (Å²) >= 11 is 0. The van der Waals surface area contributed by atoms with Crippen molar-refractivity contribution in [1.29, 1.82) is 5.41 Å². The lowest BCUT2D eigenvalue weighted by molar-refractivity contribution is 0.419. The molecule has 2 heterocycles. The number of rotatable bonds is 5. The molecule has 1 aromatic carbocycles. The molecule has 7 nitrogen and oxygen atoms in total. The molecule has 26 heavy (non-hydrogen) atoms. The first kappa shape index (κ1) is 18.1. The number of nitrogens with zero attached hydrogens (tertiary/aromatic N) is 3. The number of nitrogens with two attached hydrogens (primary N) is 1. The average molecular weight is 353 g/mol. The fourth-order valence-corrected chi connectivity index (χ4v) is 3.07. The third-order valence-electron chi connectivity index (χ3n) is 4.67. The molecule has 1 saturated heterocycles. The zero-order chi connectivity index (χ0) is 18.5. The van der Waals surface area contributed by atoms with E-state index in [2.05, 4.69) is 34.4 Å². The van der Waals surface area contributed by atoms with Crippen LogP contribution < -0.4 is 21.3 Å². The molecule has 0 saturated carbocycles. The van der Waals surface area contributed by atoms with E-state index in [9.17, 15) is 0 Å². The van der Waals surface area contributed by atoms with E-state index in [0.717, 1.165) is 43.5 Å². The van der Waals surface area contributed by atoms with E-state index in [1.165, 1.54) is 6.21 Å². The van der Waals surface area contributed by atoms with E-state index in [-0.39, 0.29) is 0 Å². The third kappa shape index (κ3) is 4.29. The Labute approximate surface area is 154 Å². The van der Waals surface area contributed by atoms with Crippen LogP contribution in [0.25, 0.3) is 0 Å². The molecule has 5 N–H and O–H groups in total. The molecule has 7 heteroatoms. The van der Waals surface area contributed by atoms with Gasteiger partial charge in [0.1, 0.15) is 5.82 Å². The van der Waals surface area contributed by atoms with Crippen molar-refractivity contribution < 1.29 is 0 Å². The summed E-state index contributed by atoms with van der Waals surface area (Å²) in [6, 6.07) is 7.80. The van der Waals surface area contributed by atoms with Crippen LogP contribution >= 0.6 is 0 Å². The lowest BCUT2D eigenvalue weighted by atomic mass is 10.0. The molecular formula is C19H27N7. The fraction of sp³-hybridized carbons (Fsp3) is 0.421. The van der Waals surface area contributed by atoms with Gasteiger partial charge >= 0.3 is 0 Å². The summed E-state index contributed by atoms with van der Waals surface area (Å²) in [5.74, 6) is 2.03. The van der Waals surface area contributed by atoms with Crippen LogP contribution in [-0.4, -0.2) is 41.9 Å². The lowest BCUT2D eigenvalue weighted by Gasteiger charge is -2.27. The van der Waals surface area contributed by atoms with Gasteiger partial charge < -0.3 is 26.7 Å². The second-order valence-electron chi connectivity index (χ2n) is 6.96. The molecule has 0 spiro atoms. The molecule has 1 atom stereocenters. The lowest BCUT2D eigenvalue weighted by Crippen LogP contribution is -2.41. The molecule has 1 aromatic heterocycles. The Kier molecular flexibility index (Phi) is 5.68. The van der Waals surface area contributed by atoms with Crippen LogP contribution in [0.5, 0.6) is 0 Å². The SMILES string of the molecule is CC(C)C1CN(c2nccc(Nc3ccc(N)c(C=N)c3)n2)CCCN1. The molecule has 0 aliphatic carbocycles. The van der Waals surface area contributed by atoms with Crippen LogP contribution in [0.15, 0.2) is 30.5 Å². The minimum absolute atomic E-state index is 0.435. The highest BCUT2D eigenvalue weighted by atomic mass is 15.3. The molecule has 1 aliphatic rings. The van der Waals surface area contributed by atoms with E-state index in [1.54, 1.807) is 12.3 Å². The maximum atomic E-state index is 7.43. The number of aromatic nitrogens is 2. The Morgan fingerprint density at radius 3 is 3.00 bits per heavy atom. The smallest absolute Gasteiger partial charge is 0.227 e. The molecule has 0 bridgehead atoms. The summed E-state index contributed by atoms with van der Waals surface area (Å²) in [6.07, 6.45) is 4.11. The molecule has 1 unspecified atom stereocenters. The minimum atomic E-state index is 0.435. The van der Waals surface area contributed by atoms with Gasteiger partial charge in [-0.25, -0.2) is 4.98 Å². The van der Waals surface area contributed by atoms with Crippen LogP contribution in [0.2, 0.25) is 0 Å². The minimum Gasteiger partial charge on any atom is -0.398 e. The van der Waals surface area contributed by atoms with Gasteiger partial charge in [-0.2, -0.15) is 4.98 Å². The van der Waals surface area contributed by atoms with Crippen LogP contribution in [0.3, 0.4) is 0 Å². The summed E-state index contributed by atoms with van der Waals surface area (Å²) < 4.78 is 0. The summed E-state index contributed by atoms with van der Waals surface area (Å²) in [5, 5.41) is 14.3. The number of benzene rings is 1. The van der Waals surface area contributed by atoms with E-state index >= 15 is 0 Å². The van der Waals surface area contributed by atoms with Gasteiger partial charge in [0.2, 0.25) is 5.95 Å². The first-order valence-electron chi connectivity index (χ1n) is 9.05. The first-order valence-corrected chi connectivity index (χ1v) is 9.05. The quantitative estimate of drug-likeness (QED) is 0.487. The molecule has 1 fully saturated rings. The highest BCUT2D eigenvalue weighted by Crippen LogP contribution is 2.21. The van der Waals surface area contributed by atoms with Gasteiger partial charge in [0.25, 0.3) is 0 Å². The number of nitrogen functional groups attached to an aromatic ring is 1. The number of hydrogen-bond donors (Lipinski definition) is 4. The number of anilines is 4. The monoisotopic (exact) mass is 353 g/mol. The van der Waals surface area contributed by atoms with Gasteiger partial charge in [0.15, 0.2) is 0 Å². The van der Waals surface area contributed by atoms with Gasteiger partial charge in [-0.3, -0.25) is 0 Å². The first-order chi connectivity index (χ1) is 12.6. The van der Waals surface area contributed by atoms with Crippen LogP contribution in [0, 0.1) is 11.3 Å². The number of hydrogen-bond acceptors (Lipinski definition) is 7. The van der Waals surface area contributed by atoms with Gasteiger partial charge in [-0.05, 0) is 43.1 Å². The van der Waals surface area contributed by atoms with Crippen LogP contribution in [0.1, 0.15) is 25.8 Å². The van der Waals surface area contributed by atoms with Gasteiger partial charge in [0, 0.05) is 48.5 Å². The van der Waals surface area contributed by atoms with Crippen molar-refractivity contribution in [3.05, 3.63) is 36.0 Å². The largest absolute Gasteiger partial charge is 0.398 e. The molecule has 0 amide bonds. The van der Waals surface area contributed by atoms with Crippen molar-refractivity contribution in [3.8, 4) is 0 Å². The number of nitrogens with one attached hydrogen (secondary N) is 3. The maximum Gasteiger partial charge on any atom is 0.227 e. The molecule has 3 rings (SSSR count). The Bertz CT molecular complexity index is 759. The Balaban J connectivity index is 1.78. The Hall–Kier alpha value is -2.67. The van der Waals surface area contributed by atoms with Gasteiger partial charge in [-0.1, -0.05) is 13.8 Å². The second-order valence-corrected chi connectivity index (χ2v) is 6.96. The average Bonchev–Trinajstić information content (AvgIpc) is 2.90. The second kappa shape index (κ2) is 8.14. The van der Waals surface area contributed by atoms with Crippen molar-refractivity contribution >= 4 is 29.4 Å². The van der Waals surface area contributed by atoms with Crippen molar-refractivity contribution in [2.24, 2.45) is 5.92 Å². The predicted molar refractivity (Wildman–Crippen MR) is 108 cm³/mol. The fourth-order valence-electron chi connectivity index (χ4n) is 3.07. The van der Waals surface area contributed by atoms with E-state index in [1.807, 2.05) is 18.2 Å². The Morgan fingerprint density at radius 1 is 1.38 bits per heavy atom. The van der Waals surface area contributed by atoms with Crippen LogP contribution in [0.4, 0.5) is 23.1 Å². The normalized spacial score (nSPS) is 17.8. The highest BCUT2D eigenvalue weighted by molar-refractivity contribution is 5.87. The molecule has 1 aliphatic heterocycles. The van der Waals surface area contributed by atoms with Crippen molar-refractivity contribution in [1.82, 2.24) is 15.3 Å². The van der Waals surface area contributed by atoms with E-state index in [4.69, 9.17) is 16.1 Å². The topological polar surface area (TPSA) is 103 Å². The molecule has 0 radical (unpaired) electrons. The zero-order valence-corrected chi connectivity index (χ0v) is 15.4. The van der Waals surface area contributed by atoms with Crippen molar-refractivity contribution in [2.45, 2.75) is 26.3 Å². The summed E-state index contributed by atoms with van der Waals surface area (Å²) in [6.45, 7) is 7.35. The highest BCUT2D eigenvalue weighted by Gasteiger charge is 2.22. The maximum absolute atomic E-state index is 7.43. The standard InChI is InChI=1S/C19H27N7/c1-13(2)17-12-26(9-3-7-22-17)19-23-8-6-18(25-19)24-15-4-5-16(21)14(10-15)11-20/h4-6,8,10-11,13,17,20,22H,3,7,9,12,21H2,1-2H3,(H,23,24,25). The van der Waals surface area contributed by atoms with Gasteiger partial charge in [-0.15, -0.1) is 0 Å². The molecule has 138 valence electrons. The van der Waals surface area contributed by atoms with Crippen molar-refractivity contribution in [3.63, 3.8) is 0 Å². The molecular weight excluding hydrogens is 326 g/mol. The third-order valence-corrected chi connectivity index (χ3v) is 4.67. The van der Waals surface area contributed by atoms with Gasteiger partial charge in [0.05, 0.1) is 0 Å². The zero-order valence-electron chi connectivity index (χ0n) is 15.4. The van der Waals surface area contributed by atoms with E-state index in [0.29, 0.717) is 23.2 Å². The van der Waals surface area contributed by atoms with Crippen molar-refractivity contribution in [2.75, 3.05) is 35.6 Å². The summed E-state index contributed by atoms with van der Waals surface area (Å²) in [7, 11) is 0. The van der Waals surface area contributed by atoms with E-state index < -0.39 is 0 Å².